The molecule has 142 valence electrons. The molecule has 26 heavy (non-hydrogen) atoms. The summed E-state index contributed by atoms with van der Waals surface area (Å²) in [7, 11) is 2.47. The molecule has 1 saturated heterocycles. The van der Waals surface area contributed by atoms with Crippen LogP contribution in [0.15, 0.2) is 18.2 Å². The van der Waals surface area contributed by atoms with Gasteiger partial charge in [0.05, 0.1) is 25.3 Å². The third-order valence-corrected chi connectivity index (χ3v) is 4.38. The Bertz CT molecular complexity index is 639. The zero-order valence-corrected chi connectivity index (χ0v) is 15.0. The number of hydrogen-bond acceptors (Lipinski definition) is 6. The van der Waals surface area contributed by atoms with Crippen molar-refractivity contribution in [3.8, 4) is 0 Å². The molecule has 1 unspecified atom stereocenters. The second kappa shape index (κ2) is 9.19. The maximum Gasteiger partial charge on any atom is 0.337 e. The molecule has 2 N–H and O–H groups in total. The van der Waals surface area contributed by atoms with Gasteiger partial charge in [-0.3, -0.25) is 0 Å². The van der Waals surface area contributed by atoms with Gasteiger partial charge >= 0.3 is 18.0 Å². The highest BCUT2D eigenvalue weighted by Gasteiger charge is 2.26. The summed E-state index contributed by atoms with van der Waals surface area (Å²) in [5, 5.41) is 11.9. The fourth-order valence-electron chi connectivity index (χ4n) is 3.08. The number of nitrogens with zero attached hydrogens (tertiary/aromatic N) is 1. The molecule has 1 fully saturated rings. The van der Waals surface area contributed by atoms with Crippen LogP contribution in [0.3, 0.4) is 0 Å². The topological polar surface area (TPSA) is 105 Å². The van der Waals surface area contributed by atoms with E-state index in [0.717, 1.165) is 19.3 Å². The number of urea groups is 1. The summed E-state index contributed by atoms with van der Waals surface area (Å²) in [6.45, 7) is 0.607. The Labute approximate surface area is 152 Å². The number of rotatable bonds is 5. The van der Waals surface area contributed by atoms with Gasteiger partial charge in [0.15, 0.2) is 0 Å². The van der Waals surface area contributed by atoms with Crippen molar-refractivity contribution in [2.24, 2.45) is 0 Å². The van der Waals surface area contributed by atoms with Crippen molar-refractivity contribution in [1.82, 2.24) is 4.90 Å². The minimum atomic E-state index is -0.623. The molecular weight excluding hydrogens is 340 g/mol. The number of aliphatic hydroxyl groups excluding tert-OH is 1. The van der Waals surface area contributed by atoms with Crippen molar-refractivity contribution in [2.75, 3.05) is 32.7 Å². The summed E-state index contributed by atoms with van der Waals surface area (Å²) in [6.07, 6.45) is 3.26. The number of nitrogens with one attached hydrogen (secondary N) is 1. The van der Waals surface area contributed by atoms with Crippen LogP contribution in [-0.2, 0) is 9.47 Å². The zero-order valence-electron chi connectivity index (χ0n) is 15.0. The predicted octanol–water partition coefficient (Wildman–Crippen LogP) is 2.03. The number of anilines is 1. The van der Waals surface area contributed by atoms with Gasteiger partial charge in [-0.1, -0.05) is 0 Å². The quantitative estimate of drug-likeness (QED) is 0.775. The number of carbonyl (C=O) groups excluding carboxylic acids is 3. The third kappa shape index (κ3) is 4.72. The van der Waals surface area contributed by atoms with Gasteiger partial charge in [0.25, 0.3) is 0 Å². The first-order valence-corrected chi connectivity index (χ1v) is 8.50. The first-order valence-electron chi connectivity index (χ1n) is 8.50. The summed E-state index contributed by atoms with van der Waals surface area (Å²) in [5.74, 6) is -1.25. The fourth-order valence-corrected chi connectivity index (χ4v) is 3.08. The standard InChI is InChI=1S/C18H24N2O6/c1-25-16(22)12-9-13(17(23)26-2)11-14(10-12)19-18(24)20-7-4-3-5-15(20)6-8-21/h9-11,15,21H,3-8H2,1-2H3,(H,19,24). The van der Waals surface area contributed by atoms with Crippen molar-refractivity contribution in [3.63, 3.8) is 0 Å². The number of piperidine rings is 1. The van der Waals surface area contributed by atoms with E-state index in [1.54, 1.807) is 4.90 Å². The molecule has 1 aliphatic heterocycles. The summed E-state index contributed by atoms with van der Waals surface area (Å²) in [5.41, 5.74) is 0.569. The van der Waals surface area contributed by atoms with Gasteiger partial charge in [0, 0.05) is 24.9 Å². The molecule has 0 aliphatic carbocycles. The number of aliphatic hydroxyl groups is 1. The Morgan fingerprint density at radius 2 is 1.73 bits per heavy atom. The molecule has 1 aromatic carbocycles. The van der Waals surface area contributed by atoms with Crippen molar-refractivity contribution in [3.05, 3.63) is 29.3 Å². The van der Waals surface area contributed by atoms with Crippen molar-refractivity contribution >= 4 is 23.7 Å². The van der Waals surface area contributed by atoms with E-state index in [1.165, 1.54) is 32.4 Å². The molecule has 0 saturated carbocycles. The molecule has 2 amide bonds. The van der Waals surface area contributed by atoms with E-state index in [1.807, 2.05) is 0 Å². The van der Waals surface area contributed by atoms with Gasteiger partial charge in [-0.05, 0) is 43.9 Å². The van der Waals surface area contributed by atoms with Crippen LogP contribution in [0.4, 0.5) is 10.5 Å². The smallest absolute Gasteiger partial charge is 0.337 e. The maximum atomic E-state index is 12.7. The molecule has 8 nitrogen and oxygen atoms in total. The van der Waals surface area contributed by atoms with Crippen LogP contribution in [0.25, 0.3) is 0 Å². The van der Waals surface area contributed by atoms with Crippen LogP contribution in [0, 0.1) is 0 Å². The lowest BCUT2D eigenvalue weighted by atomic mass is 10.00. The highest BCUT2D eigenvalue weighted by Crippen LogP contribution is 2.22. The second-order valence-corrected chi connectivity index (χ2v) is 6.07. The van der Waals surface area contributed by atoms with Crippen LogP contribution in [0.5, 0.6) is 0 Å². The van der Waals surface area contributed by atoms with Gasteiger partial charge in [0.1, 0.15) is 0 Å². The van der Waals surface area contributed by atoms with Crippen LogP contribution in [-0.4, -0.2) is 61.4 Å². The van der Waals surface area contributed by atoms with E-state index in [4.69, 9.17) is 0 Å². The van der Waals surface area contributed by atoms with E-state index in [2.05, 4.69) is 14.8 Å². The number of amides is 2. The second-order valence-electron chi connectivity index (χ2n) is 6.07. The lowest BCUT2D eigenvalue weighted by molar-refractivity contribution is 0.0599. The largest absolute Gasteiger partial charge is 0.465 e. The summed E-state index contributed by atoms with van der Waals surface area (Å²) in [6, 6.07) is 3.88. The summed E-state index contributed by atoms with van der Waals surface area (Å²) < 4.78 is 9.38. The molecule has 8 heteroatoms. The molecule has 2 rings (SSSR count). The van der Waals surface area contributed by atoms with Crippen molar-refractivity contribution in [2.45, 2.75) is 31.7 Å². The summed E-state index contributed by atoms with van der Waals surface area (Å²) >= 11 is 0. The molecule has 1 aliphatic rings. The Morgan fingerprint density at radius 1 is 1.12 bits per heavy atom. The SMILES string of the molecule is COC(=O)c1cc(NC(=O)N2CCCCC2CCO)cc(C(=O)OC)c1. The lowest BCUT2D eigenvalue weighted by Crippen LogP contribution is -2.46. The van der Waals surface area contributed by atoms with Crippen molar-refractivity contribution in [1.29, 1.82) is 0 Å². The molecule has 0 bridgehead atoms. The fraction of sp³-hybridized carbons (Fsp3) is 0.500. The average Bonchev–Trinajstić information content (AvgIpc) is 2.67. The van der Waals surface area contributed by atoms with Gasteiger partial charge in [-0.25, -0.2) is 14.4 Å². The minimum absolute atomic E-state index is 0.0127. The van der Waals surface area contributed by atoms with Gasteiger partial charge in [-0.2, -0.15) is 0 Å². The molecule has 1 aromatic rings. The van der Waals surface area contributed by atoms with E-state index < -0.39 is 11.9 Å². The van der Waals surface area contributed by atoms with Gasteiger partial charge in [0.2, 0.25) is 0 Å². The zero-order chi connectivity index (χ0) is 19.1. The monoisotopic (exact) mass is 364 g/mol. The highest BCUT2D eigenvalue weighted by atomic mass is 16.5. The molecule has 1 atom stereocenters. The summed E-state index contributed by atoms with van der Waals surface area (Å²) in [4.78, 5) is 38.0. The Morgan fingerprint density at radius 3 is 2.27 bits per heavy atom. The van der Waals surface area contributed by atoms with Crippen LogP contribution in [0.2, 0.25) is 0 Å². The predicted molar refractivity (Wildman–Crippen MR) is 94.2 cm³/mol. The molecule has 0 spiro atoms. The van der Waals surface area contributed by atoms with E-state index in [9.17, 15) is 19.5 Å². The number of hydrogen-bond donors (Lipinski definition) is 2. The maximum absolute atomic E-state index is 12.7. The number of esters is 2. The van der Waals surface area contributed by atoms with Crippen LogP contribution < -0.4 is 5.32 Å². The Kier molecular flexibility index (Phi) is 6.97. The molecule has 1 heterocycles. The average molecular weight is 364 g/mol. The molecular formula is C18H24N2O6. The third-order valence-electron chi connectivity index (χ3n) is 4.38. The van der Waals surface area contributed by atoms with Crippen LogP contribution >= 0.6 is 0 Å². The minimum Gasteiger partial charge on any atom is -0.465 e. The van der Waals surface area contributed by atoms with Crippen LogP contribution in [0.1, 0.15) is 46.4 Å². The number of carbonyl (C=O) groups is 3. The first kappa shape index (κ1) is 19.7. The molecule has 0 aromatic heterocycles. The number of methoxy groups -OCH3 is 2. The number of ether oxygens (including phenoxy) is 2. The molecule has 0 radical (unpaired) electrons. The van der Waals surface area contributed by atoms with Crippen molar-refractivity contribution < 1.29 is 29.0 Å². The number of likely N-dealkylation sites (tertiary alicyclic amines) is 1. The van der Waals surface area contributed by atoms with E-state index in [0.29, 0.717) is 18.7 Å². The van der Waals surface area contributed by atoms with Gasteiger partial charge < -0.3 is 24.8 Å². The normalized spacial score (nSPS) is 16.7. The lowest BCUT2D eigenvalue weighted by Gasteiger charge is -2.35. The number of benzene rings is 1. The van der Waals surface area contributed by atoms with E-state index in [-0.39, 0.29) is 29.8 Å². The first-order chi connectivity index (χ1) is 12.5. The van der Waals surface area contributed by atoms with Gasteiger partial charge in [-0.15, -0.1) is 0 Å². The van der Waals surface area contributed by atoms with E-state index >= 15 is 0 Å². The highest BCUT2D eigenvalue weighted by molar-refractivity contribution is 5.99. The Balaban J connectivity index is 2.24. The Hall–Kier alpha value is -2.61.